The van der Waals surface area contributed by atoms with Crippen LogP contribution in [0.4, 0.5) is 11.6 Å². The highest BCUT2D eigenvalue weighted by atomic mass is 16.5. The zero-order chi connectivity index (χ0) is 17.9. The molecule has 26 heavy (non-hydrogen) atoms. The number of fused-ring (bicyclic) bond motifs is 1. The van der Waals surface area contributed by atoms with Crippen LogP contribution in [0.2, 0.25) is 0 Å². The second-order valence-electron chi connectivity index (χ2n) is 5.80. The van der Waals surface area contributed by atoms with Crippen LogP contribution in [0.1, 0.15) is 5.69 Å². The van der Waals surface area contributed by atoms with Crippen LogP contribution in [0.15, 0.2) is 54.9 Å². The Morgan fingerprint density at radius 1 is 1.15 bits per heavy atom. The SMILES string of the molecule is COc1ccc(-c2cnc(N)c(NCc3cc4ncccc4[nH]3)n2)cc1. The van der Waals surface area contributed by atoms with Gasteiger partial charge in [0.25, 0.3) is 0 Å². The first kappa shape index (κ1) is 15.9. The van der Waals surface area contributed by atoms with E-state index in [1.807, 2.05) is 42.5 Å². The number of aromatic nitrogens is 4. The van der Waals surface area contributed by atoms with Gasteiger partial charge in [-0.2, -0.15) is 0 Å². The number of pyridine rings is 1. The van der Waals surface area contributed by atoms with E-state index in [2.05, 4.69) is 25.3 Å². The highest BCUT2D eigenvalue weighted by molar-refractivity contribution is 5.75. The summed E-state index contributed by atoms with van der Waals surface area (Å²) in [7, 11) is 1.64. The highest BCUT2D eigenvalue weighted by Gasteiger charge is 2.08. The third-order valence-electron chi connectivity index (χ3n) is 4.08. The molecule has 3 heterocycles. The Kier molecular flexibility index (Phi) is 4.10. The normalized spacial score (nSPS) is 10.8. The maximum absolute atomic E-state index is 5.97. The molecule has 0 spiro atoms. The van der Waals surface area contributed by atoms with Gasteiger partial charge in [0.1, 0.15) is 5.75 Å². The molecule has 4 N–H and O–H groups in total. The number of aromatic amines is 1. The summed E-state index contributed by atoms with van der Waals surface area (Å²) in [6.45, 7) is 0.543. The number of nitrogens with two attached hydrogens (primary N) is 1. The minimum Gasteiger partial charge on any atom is -0.497 e. The summed E-state index contributed by atoms with van der Waals surface area (Å²) in [6.07, 6.45) is 3.43. The number of hydrogen-bond donors (Lipinski definition) is 3. The summed E-state index contributed by atoms with van der Waals surface area (Å²) in [5.74, 6) is 1.70. The second kappa shape index (κ2) is 6.72. The monoisotopic (exact) mass is 346 g/mol. The lowest BCUT2D eigenvalue weighted by Crippen LogP contribution is -2.07. The fourth-order valence-electron chi connectivity index (χ4n) is 2.72. The molecule has 0 fully saturated rings. The molecule has 0 aliphatic carbocycles. The summed E-state index contributed by atoms with van der Waals surface area (Å²) < 4.78 is 5.18. The van der Waals surface area contributed by atoms with Gasteiger partial charge in [-0.1, -0.05) is 0 Å². The van der Waals surface area contributed by atoms with Crippen LogP contribution in [0.3, 0.4) is 0 Å². The van der Waals surface area contributed by atoms with Crippen molar-refractivity contribution in [2.45, 2.75) is 6.54 Å². The maximum Gasteiger partial charge on any atom is 0.169 e. The summed E-state index contributed by atoms with van der Waals surface area (Å²) >= 11 is 0. The highest BCUT2D eigenvalue weighted by Crippen LogP contribution is 2.24. The Bertz CT molecular complexity index is 1010. The van der Waals surface area contributed by atoms with Crippen LogP contribution in [0, 0.1) is 0 Å². The van der Waals surface area contributed by atoms with Gasteiger partial charge < -0.3 is 20.8 Å². The Balaban J connectivity index is 1.55. The molecule has 4 rings (SSSR count). The van der Waals surface area contributed by atoms with Gasteiger partial charge >= 0.3 is 0 Å². The Morgan fingerprint density at radius 2 is 2.00 bits per heavy atom. The molecule has 0 atom stereocenters. The molecule has 7 nitrogen and oxygen atoms in total. The minimum atomic E-state index is 0.358. The molecule has 0 bridgehead atoms. The molecule has 7 heteroatoms. The van der Waals surface area contributed by atoms with E-state index in [1.54, 1.807) is 19.5 Å². The number of benzene rings is 1. The first-order valence-electron chi connectivity index (χ1n) is 8.16. The van der Waals surface area contributed by atoms with Crippen molar-refractivity contribution >= 4 is 22.7 Å². The van der Waals surface area contributed by atoms with E-state index in [0.29, 0.717) is 18.2 Å². The molecule has 0 saturated heterocycles. The van der Waals surface area contributed by atoms with Crippen LogP contribution in [-0.2, 0) is 6.54 Å². The molecule has 1 aromatic carbocycles. The minimum absolute atomic E-state index is 0.358. The van der Waals surface area contributed by atoms with Gasteiger partial charge in [0, 0.05) is 17.5 Å². The predicted molar refractivity (Wildman–Crippen MR) is 102 cm³/mol. The van der Waals surface area contributed by atoms with Crippen molar-refractivity contribution in [2.75, 3.05) is 18.2 Å². The average Bonchev–Trinajstić information content (AvgIpc) is 3.10. The van der Waals surface area contributed by atoms with Crippen LogP contribution >= 0.6 is 0 Å². The topological polar surface area (TPSA) is 102 Å². The fraction of sp³-hybridized carbons (Fsp3) is 0.105. The Labute approximate surface area is 150 Å². The molecule has 0 amide bonds. The van der Waals surface area contributed by atoms with Crippen LogP contribution in [0.5, 0.6) is 5.75 Å². The van der Waals surface area contributed by atoms with Gasteiger partial charge in [-0.05, 0) is 42.5 Å². The van der Waals surface area contributed by atoms with E-state index in [9.17, 15) is 0 Å². The number of ether oxygens (including phenoxy) is 1. The van der Waals surface area contributed by atoms with Gasteiger partial charge in [0.2, 0.25) is 0 Å². The van der Waals surface area contributed by atoms with E-state index in [1.165, 1.54) is 0 Å². The Hall–Kier alpha value is -3.61. The van der Waals surface area contributed by atoms with Crippen molar-refractivity contribution in [1.29, 1.82) is 0 Å². The number of methoxy groups -OCH3 is 1. The quantitative estimate of drug-likeness (QED) is 0.513. The van der Waals surface area contributed by atoms with Gasteiger partial charge in [-0.25, -0.2) is 9.97 Å². The van der Waals surface area contributed by atoms with Crippen molar-refractivity contribution in [3.8, 4) is 17.0 Å². The predicted octanol–water partition coefficient (Wildman–Crippen LogP) is 3.22. The van der Waals surface area contributed by atoms with Gasteiger partial charge in [0.05, 0.1) is 36.6 Å². The van der Waals surface area contributed by atoms with Crippen molar-refractivity contribution in [3.05, 3.63) is 60.6 Å². The van der Waals surface area contributed by atoms with Crippen molar-refractivity contribution < 1.29 is 4.74 Å². The molecule has 4 aromatic rings. The van der Waals surface area contributed by atoms with E-state index in [-0.39, 0.29) is 0 Å². The third kappa shape index (κ3) is 3.14. The van der Waals surface area contributed by atoms with E-state index >= 15 is 0 Å². The largest absolute Gasteiger partial charge is 0.497 e. The second-order valence-corrected chi connectivity index (χ2v) is 5.80. The smallest absolute Gasteiger partial charge is 0.169 e. The third-order valence-corrected chi connectivity index (χ3v) is 4.08. The summed E-state index contributed by atoms with van der Waals surface area (Å²) in [5.41, 5.74) is 10.6. The number of anilines is 2. The van der Waals surface area contributed by atoms with E-state index in [0.717, 1.165) is 33.7 Å². The van der Waals surface area contributed by atoms with E-state index in [4.69, 9.17) is 10.5 Å². The molecular weight excluding hydrogens is 328 g/mol. The van der Waals surface area contributed by atoms with Crippen LogP contribution in [-0.4, -0.2) is 27.0 Å². The van der Waals surface area contributed by atoms with Crippen molar-refractivity contribution in [2.24, 2.45) is 0 Å². The molecule has 3 aromatic heterocycles. The van der Waals surface area contributed by atoms with Crippen LogP contribution in [0.25, 0.3) is 22.3 Å². The first-order chi connectivity index (χ1) is 12.7. The first-order valence-corrected chi connectivity index (χ1v) is 8.16. The van der Waals surface area contributed by atoms with E-state index < -0.39 is 0 Å². The zero-order valence-corrected chi connectivity index (χ0v) is 14.2. The number of nitrogens with zero attached hydrogens (tertiary/aromatic N) is 3. The molecule has 130 valence electrons. The Morgan fingerprint density at radius 3 is 2.77 bits per heavy atom. The molecule has 0 radical (unpaired) electrons. The number of nitrogen functional groups attached to an aromatic ring is 1. The average molecular weight is 346 g/mol. The molecule has 0 unspecified atom stereocenters. The van der Waals surface area contributed by atoms with Gasteiger partial charge in [0.15, 0.2) is 11.6 Å². The summed E-state index contributed by atoms with van der Waals surface area (Å²) in [6, 6.07) is 13.5. The standard InChI is InChI=1S/C19H18N6O/c1-26-14-6-4-12(5-7-14)17-11-22-18(20)19(25-17)23-10-13-9-16-15(24-13)3-2-8-21-16/h2-9,11,24H,10H2,1H3,(H2,20,22)(H,23,25). The lowest BCUT2D eigenvalue weighted by Gasteiger charge is -2.09. The fourth-order valence-corrected chi connectivity index (χ4v) is 2.72. The zero-order valence-electron chi connectivity index (χ0n) is 14.2. The molecular formula is C19H18N6O. The van der Waals surface area contributed by atoms with Gasteiger partial charge in [-0.3, -0.25) is 4.98 Å². The van der Waals surface area contributed by atoms with Gasteiger partial charge in [-0.15, -0.1) is 0 Å². The lowest BCUT2D eigenvalue weighted by molar-refractivity contribution is 0.415. The number of rotatable bonds is 5. The summed E-state index contributed by atoms with van der Waals surface area (Å²) in [5, 5.41) is 3.24. The summed E-state index contributed by atoms with van der Waals surface area (Å²) in [4.78, 5) is 16.5. The number of nitrogens with one attached hydrogen (secondary N) is 2. The van der Waals surface area contributed by atoms with Crippen molar-refractivity contribution in [3.63, 3.8) is 0 Å². The number of H-pyrrole nitrogens is 1. The van der Waals surface area contributed by atoms with Crippen LogP contribution < -0.4 is 15.8 Å². The maximum atomic E-state index is 5.97. The molecule has 0 aliphatic heterocycles. The molecule has 0 aliphatic rings. The molecule has 0 saturated carbocycles. The number of hydrogen-bond acceptors (Lipinski definition) is 6. The lowest BCUT2D eigenvalue weighted by atomic mass is 10.1. The van der Waals surface area contributed by atoms with Crippen molar-refractivity contribution in [1.82, 2.24) is 19.9 Å².